The molecule has 3 atom stereocenters. The Hall–Kier alpha value is -2.44. The summed E-state index contributed by atoms with van der Waals surface area (Å²) in [6, 6.07) is 6.21. The topological polar surface area (TPSA) is 98.5 Å². The fourth-order valence-electron chi connectivity index (χ4n) is 6.39. The monoisotopic (exact) mass is 386 g/mol. The number of carbonyl (C=O) groups excluding carboxylic acids is 2. The second-order valence-corrected chi connectivity index (χ2v) is 9.04. The van der Waals surface area contributed by atoms with Crippen LogP contribution in [0.5, 0.6) is 0 Å². The van der Waals surface area contributed by atoms with Gasteiger partial charge in [-0.15, -0.1) is 0 Å². The number of rotatable bonds is 5. The SMILES string of the molecule is COC(=O)[C@H](C)NC(=O)C12C[C@@H]3C[C@@H](C1)CC(c1ccc([N+](=O)[O-])cc1)(C3)C2. The van der Waals surface area contributed by atoms with E-state index in [2.05, 4.69) is 5.32 Å². The molecule has 4 fully saturated rings. The lowest BCUT2D eigenvalue weighted by molar-refractivity contribution is -0.384. The summed E-state index contributed by atoms with van der Waals surface area (Å²) in [5, 5.41) is 13.9. The van der Waals surface area contributed by atoms with Crippen LogP contribution in [-0.2, 0) is 19.7 Å². The molecule has 150 valence electrons. The zero-order valence-corrected chi connectivity index (χ0v) is 16.3. The molecule has 0 aromatic heterocycles. The van der Waals surface area contributed by atoms with Gasteiger partial charge in [-0.2, -0.15) is 0 Å². The zero-order chi connectivity index (χ0) is 20.1. The molecule has 7 nitrogen and oxygen atoms in total. The molecule has 1 amide bonds. The number of nitro benzene ring substituents is 1. The average Bonchev–Trinajstić information content (AvgIpc) is 2.66. The first-order valence-electron chi connectivity index (χ1n) is 9.91. The molecule has 4 aliphatic rings. The molecule has 0 spiro atoms. The fraction of sp³-hybridized carbons (Fsp3) is 0.619. The van der Waals surface area contributed by atoms with Gasteiger partial charge in [0.15, 0.2) is 0 Å². The number of non-ortho nitro benzene ring substituents is 1. The van der Waals surface area contributed by atoms with Crippen molar-refractivity contribution in [2.75, 3.05) is 7.11 Å². The van der Waals surface area contributed by atoms with E-state index in [0.717, 1.165) is 44.1 Å². The molecule has 0 aliphatic heterocycles. The highest BCUT2D eigenvalue weighted by atomic mass is 16.6. The average molecular weight is 386 g/mol. The van der Waals surface area contributed by atoms with Crippen LogP contribution >= 0.6 is 0 Å². The van der Waals surface area contributed by atoms with E-state index in [0.29, 0.717) is 11.8 Å². The lowest BCUT2D eigenvalue weighted by atomic mass is 9.42. The van der Waals surface area contributed by atoms with Crippen molar-refractivity contribution in [3.05, 3.63) is 39.9 Å². The van der Waals surface area contributed by atoms with Gasteiger partial charge in [0.2, 0.25) is 5.91 Å². The minimum absolute atomic E-state index is 0.0502. The van der Waals surface area contributed by atoms with Crippen molar-refractivity contribution in [3.8, 4) is 0 Å². The zero-order valence-electron chi connectivity index (χ0n) is 16.3. The number of hydrogen-bond acceptors (Lipinski definition) is 5. The Balaban J connectivity index is 1.62. The minimum Gasteiger partial charge on any atom is -0.467 e. The highest BCUT2D eigenvalue weighted by Gasteiger charge is 2.61. The number of carbonyl (C=O) groups is 2. The third-order valence-electron chi connectivity index (χ3n) is 7.14. The van der Waals surface area contributed by atoms with Crippen molar-refractivity contribution in [1.29, 1.82) is 0 Å². The number of methoxy groups -OCH3 is 1. The fourth-order valence-corrected chi connectivity index (χ4v) is 6.39. The Morgan fingerprint density at radius 3 is 2.32 bits per heavy atom. The molecule has 0 heterocycles. The second-order valence-electron chi connectivity index (χ2n) is 9.04. The van der Waals surface area contributed by atoms with E-state index in [1.165, 1.54) is 7.11 Å². The molecule has 0 saturated heterocycles. The molecular formula is C21H26N2O5. The van der Waals surface area contributed by atoms with Crippen LogP contribution in [0.15, 0.2) is 24.3 Å². The van der Waals surface area contributed by atoms with Crippen LogP contribution in [0.2, 0.25) is 0 Å². The molecule has 7 heteroatoms. The van der Waals surface area contributed by atoms with Crippen molar-refractivity contribution in [3.63, 3.8) is 0 Å². The first-order valence-corrected chi connectivity index (χ1v) is 9.91. The standard InChI is InChI=1S/C21H26N2O5/c1-13(18(24)28-2)22-19(25)21-10-14-7-15(11-21)9-20(8-14,12-21)16-3-5-17(6-4-16)23(26)27/h3-6,13-15H,7-12H2,1-2H3,(H,22,25)/t13-,14+,15+,20?,21?/m0/s1. The maximum Gasteiger partial charge on any atom is 0.328 e. The number of ether oxygens (including phenoxy) is 1. The van der Waals surface area contributed by atoms with Gasteiger partial charge in [0.1, 0.15) is 6.04 Å². The maximum absolute atomic E-state index is 13.2. The summed E-state index contributed by atoms with van der Waals surface area (Å²) < 4.78 is 4.74. The molecule has 1 aromatic carbocycles. The molecule has 0 unspecified atom stereocenters. The summed E-state index contributed by atoms with van der Waals surface area (Å²) in [5.74, 6) is 0.472. The Kier molecular flexibility index (Phi) is 4.43. The number of nitrogens with one attached hydrogen (secondary N) is 1. The molecule has 4 aliphatic carbocycles. The minimum atomic E-state index is -0.666. The van der Waals surface area contributed by atoms with Gasteiger partial charge in [-0.3, -0.25) is 14.9 Å². The van der Waals surface area contributed by atoms with Gasteiger partial charge in [0, 0.05) is 12.1 Å². The lowest BCUT2D eigenvalue weighted by Gasteiger charge is -2.61. The van der Waals surface area contributed by atoms with Gasteiger partial charge in [-0.05, 0) is 68.3 Å². The van der Waals surface area contributed by atoms with E-state index in [4.69, 9.17) is 4.74 Å². The number of nitrogens with zero attached hydrogens (tertiary/aromatic N) is 1. The van der Waals surface area contributed by atoms with Crippen molar-refractivity contribution >= 4 is 17.6 Å². The van der Waals surface area contributed by atoms with Gasteiger partial charge in [-0.25, -0.2) is 4.79 Å². The van der Waals surface area contributed by atoms with Crippen LogP contribution in [0.1, 0.15) is 51.0 Å². The first-order chi connectivity index (χ1) is 13.3. The largest absolute Gasteiger partial charge is 0.467 e. The smallest absolute Gasteiger partial charge is 0.328 e. The Morgan fingerprint density at radius 1 is 1.18 bits per heavy atom. The number of benzene rings is 1. The van der Waals surface area contributed by atoms with Gasteiger partial charge in [0.05, 0.1) is 17.4 Å². The van der Waals surface area contributed by atoms with Gasteiger partial charge >= 0.3 is 5.97 Å². The third-order valence-corrected chi connectivity index (χ3v) is 7.14. The Morgan fingerprint density at radius 2 is 1.79 bits per heavy atom. The van der Waals surface area contributed by atoms with Gasteiger partial charge in [-0.1, -0.05) is 12.1 Å². The van der Waals surface area contributed by atoms with E-state index in [1.807, 2.05) is 12.1 Å². The van der Waals surface area contributed by atoms with Crippen LogP contribution in [0, 0.1) is 27.4 Å². The predicted octanol–water partition coefficient (Wildman–Crippen LogP) is 3.11. The highest BCUT2D eigenvalue weighted by molar-refractivity contribution is 5.88. The van der Waals surface area contributed by atoms with Crippen molar-refractivity contribution in [1.82, 2.24) is 5.32 Å². The molecule has 1 N–H and O–H groups in total. The molecule has 0 radical (unpaired) electrons. The summed E-state index contributed by atoms with van der Waals surface area (Å²) in [5.41, 5.74) is 0.623. The number of hydrogen-bond donors (Lipinski definition) is 1. The van der Waals surface area contributed by atoms with E-state index >= 15 is 0 Å². The maximum atomic E-state index is 13.2. The summed E-state index contributed by atoms with van der Waals surface area (Å²) in [6.45, 7) is 1.65. The van der Waals surface area contributed by atoms with Crippen molar-refractivity contribution in [2.45, 2.75) is 56.9 Å². The molecule has 28 heavy (non-hydrogen) atoms. The van der Waals surface area contributed by atoms with E-state index in [-0.39, 0.29) is 21.9 Å². The Bertz CT molecular complexity index is 805. The van der Waals surface area contributed by atoms with Crippen LogP contribution in [0.4, 0.5) is 5.69 Å². The molecule has 4 bridgehead atoms. The van der Waals surface area contributed by atoms with Crippen LogP contribution in [0.3, 0.4) is 0 Å². The molecular weight excluding hydrogens is 360 g/mol. The van der Waals surface area contributed by atoms with E-state index in [1.54, 1.807) is 19.1 Å². The third kappa shape index (κ3) is 2.97. The quantitative estimate of drug-likeness (QED) is 0.476. The summed E-state index contributed by atoms with van der Waals surface area (Å²) in [4.78, 5) is 35.6. The number of nitro groups is 1. The summed E-state index contributed by atoms with van der Waals surface area (Å²) in [7, 11) is 1.32. The molecule has 5 rings (SSSR count). The van der Waals surface area contributed by atoms with Crippen LogP contribution < -0.4 is 5.32 Å². The highest BCUT2D eigenvalue weighted by Crippen LogP contribution is 2.65. The number of amides is 1. The second kappa shape index (κ2) is 6.57. The van der Waals surface area contributed by atoms with Crippen LogP contribution in [0.25, 0.3) is 0 Å². The number of esters is 1. The van der Waals surface area contributed by atoms with E-state index in [9.17, 15) is 19.7 Å². The normalized spacial score (nSPS) is 33.9. The van der Waals surface area contributed by atoms with Crippen LogP contribution in [-0.4, -0.2) is 30.0 Å². The predicted molar refractivity (Wildman–Crippen MR) is 102 cm³/mol. The lowest BCUT2D eigenvalue weighted by Crippen LogP contribution is -2.60. The van der Waals surface area contributed by atoms with Gasteiger partial charge in [0.25, 0.3) is 5.69 Å². The van der Waals surface area contributed by atoms with Crippen molar-refractivity contribution in [2.24, 2.45) is 17.3 Å². The molecule has 4 saturated carbocycles. The summed E-state index contributed by atoms with van der Waals surface area (Å²) in [6.07, 6.45) is 5.67. The first kappa shape index (κ1) is 18.9. The molecule has 1 aromatic rings. The van der Waals surface area contributed by atoms with Crippen molar-refractivity contribution < 1.29 is 19.2 Å². The van der Waals surface area contributed by atoms with Gasteiger partial charge < -0.3 is 10.1 Å². The summed E-state index contributed by atoms with van der Waals surface area (Å²) >= 11 is 0. The Labute approximate surface area is 164 Å². The van der Waals surface area contributed by atoms with E-state index < -0.39 is 17.4 Å².